The highest BCUT2D eigenvalue weighted by molar-refractivity contribution is 6.19. The Labute approximate surface area is 378 Å². The smallest absolute Gasteiger partial charge is 0.169 e. The Morgan fingerprint density at radius 1 is 0.415 bits per heavy atom. The Hall–Kier alpha value is -8.08. The summed E-state index contributed by atoms with van der Waals surface area (Å²) in [5, 5.41) is 6.26. The highest BCUT2D eigenvalue weighted by Crippen LogP contribution is 2.62. The molecule has 0 bridgehead atoms. The molecule has 65 heavy (non-hydrogen) atoms. The predicted octanol–water partition coefficient (Wildman–Crippen LogP) is 13.9. The molecule has 0 radical (unpaired) electrons. The molecule has 0 amide bonds. The third-order valence-corrected chi connectivity index (χ3v) is 14.3. The molecule has 3 aliphatic rings. The zero-order valence-corrected chi connectivity index (χ0v) is 36.2. The summed E-state index contributed by atoms with van der Waals surface area (Å²) in [5.41, 5.74) is 18.6. The number of amidine groups is 2. The van der Waals surface area contributed by atoms with Crippen LogP contribution >= 0.6 is 0 Å². The van der Waals surface area contributed by atoms with E-state index < -0.39 is 11.6 Å². The molecule has 2 aliphatic carbocycles. The minimum Gasteiger partial charge on any atom is -0.324 e. The molecule has 0 fully saturated rings. The molecule has 4 heteroatoms. The van der Waals surface area contributed by atoms with Crippen molar-refractivity contribution in [1.29, 1.82) is 0 Å². The van der Waals surface area contributed by atoms with Gasteiger partial charge in [-0.05, 0) is 79.9 Å². The quantitative estimate of drug-likeness (QED) is 0.184. The number of nitrogens with one attached hydrogen (secondary N) is 1. The van der Waals surface area contributed by atoms with E-state index in [4.69, 9.17) is 9.98 Å². The van der Waals surface area contributed by atoms with Gasteiger partial charge in [0, 0.05) is 38.6 Å². The number of nitrogens with zero attached hydrogens (tertiary/aromatic N) is 3. The summed E-state index contributed by atoms with van der Waals surface area (Å²) >= 11 is 0. The third-order valence-electron chi connectivity index (χ3n) is 14.3. The van der Waals surface area contributed by atoms with E-state index in [-0.39, 0.29) is 5.41 Å². The lowest BCUT2D eigenvalue weighted by atomic mass is 9.55. The second-order valence-corrected chi connectivity index (χ2v) is 18.1. The van der Waals surface area contributed by atoms with Crippen molar-refractivity contribution in [2.24, 2.45) is 9.98 Å². The van der Waals surface area contributed by atoms with Crippen LogP contribution in [0, 0.1) is 0 Å². The highest BCUT2D eigenvalue weighted by atomic mass is 15.2. The Morgan fingerprint density at radius 3 is 1.69 bits per heavy atom. The minimum atomic E-state index is -0.515. The van der Waals surface area contributed by atoms with Crippen LogP contribution in [-0.2, 0) is 10.8 Å². The molecular formula is C61H44N4. The van der Waals surface area contributed by atoms with Gasteiger partial charge in [-0.25, -0.2) is 9.98 Å². The van der Waals surface area contributed by atoms with Crippen LogP contribution in [0.25, 0.3) is 49.7 Å². The minimum absolute atomic E-state index is 0.176. The van der Waals surface area contributed by atoms with E-state index in [0.29, 0.717) is 0 Å². The Balaban J connectivity index is 1.03. The van der Waals surface area contributed by atoms with Crippen molar-refractivity contribution in [3.63, 3.8) is 0 Å². The normalized spacial score (nSPS) is 16.2. The number of fused-ring (bicyclic) bond motifs is 12. The second-order valence-electron chi connectivity index (χ2n) is 18.1. The molecule has 1 unspecified atom stereocenters. The summed E-state index contributed by atoms with van der Waals surface area (Å²) < 4.78 is 2.37. The van der Waals surface area contributed by atoms with Crippen molar-refractivity contribution >= 4 is 33.5 Å². The van der Waals surface area contributed by atoms with Crippen LogP contribution in [0.1, 0.15) is 70.1 Å². The fraction of sp³-hybridized carbons (Fsp3) is 0.0820. The molecule has 13 rings (SSSR count). The van der Waals surface area contributed by atoms with E-state index in [2.05, 4.69) is 242 Å². The average Bonchev–Trinajstić information content (AvgIpc) is 3.87. The Bertz CT molecular complexity index is 3540. The third kappa shape index (κ3) is 5.44. The predicted molar refractivity (Wildman–Crippen MR) is 267 cm³/mol. The van der Waals surface area contributed by atoms with Crippen molar-refractivity contribution < 1.29 is 0 Å². The number of aliphatic imine (C=N–C) groups is 2. The molecule has 0 saturated carbocycles. The van der Waals surface area contributed by atoms with Crippen LogP contribution in [0.5, 0.6) is 0 Å². The van der Waals surface area contributed by atoms with E-state index in [1.165, 1.54) is 66.4 Å². The molecule has 1 atom stereocenters. The standard InChI is InChI=1S/C61H44N4/c1-60(2)49-26-12-14-28-51(49)61(52-29-15-13-27-50(52)60)48-25-11-9-23-46(48)56-47(24-17-30-53(56)61)59-63-57(41-34-32-40(33-35-41)39-18-5-3-6-19-39)62-58(64-59)42-36-37-45-44-22-10-16-31-54(44)65(55(45)38-42)43-20-7-4-8-21-43/h3-38,58H,1-2H3,(H,62,63,64). The molecule has 9 aromatic carbocycles. The van der Waals surface area contributed by atoms with Crippen molar-refractivity contribution in [2.75, 3.05) is 0 Å². The van der Waals surface area contributed by atoms with Gasteiger partial charge in [0.1, 0.15) is 11.7 Å². The van der Waals surface area contributed by atoms with E-state index in [9.17, 15) is 0 Å². The number of para-hydroxylation sites is 2. The van der Waals surface area contributed by atoms with Gasteiger partial charge in [-0.3, -0.25) is 0 Å². The maximum atomic E-state index is 5.63. The number of aromatic nitrogens is 1. The number of benzene rings is 9. The van der Waals surface area contributed by atoms with E-state index in [1.807, 2.05) is 0 Å². The first-order chi connectivity index (χ1) is 32.0. The lowest BCUT2D eigenvalue weighted by Crippen LogP contribution is -2.40. The largest absolute Gasteiger partial charge is 0.324 e. The first kappa shape index (κ1) is 37.5. The number of hydrogen-bond acceptors (Lipinski definition) is 3. The highest BCUT2D eigenvalue weighted by Gasteiger charge is 2.53. The molecule has 0 saturated heterocycles. The van der Waals surface area contributed by atoms with Gasteiger partial charge in [-0.2, -0.15) is 0 Å². The van der Waals surface area contributed by atoms with Crippen LogP contribution in [0.15, 0.2) is 228 Å². The molecule has 4 nitrogen and oxygen atoms in total. The molecule has 1 aromatic heterocycles. The van der Waals surface area contributed by atoms with Gasteiger partial charge in [-0.1, -0.05) is 208 Å². The van der Waals surface area contributed by atoms with Gasteiger partial charge in [0.2, 0.25) is 0 Å². The fourth-order valence-electron chi connectivity index (χ4n) is 11.4. The van der Waals surface area contributed by atoms with E-state index in [1.54, 1.807) is 0 Å². The number of hydrogen-bond donors (Lipinski definition) is 1. The zero-order valence-electron chi connectivity index (χ0n) is 36.2. The zero-order chi connectivity index (χ0) is 43.3. The van der Waals surface area contributed by atoms with Crippen LogP contribution in [0.3, 0.4) is 0 Å². The monoisotopic (exact) mass is 832 g/mol. The molecule has 1 aliphatic heterocycles. The molecule has 1 N–H and O–H groups in total. The van der Waals surface area contributed by atoms with Gasteiger partial charge in [0.05, 0.1) is 16.4 Å². The van der Waals surface area contributed by atoms with Crippen molar-refractivity contribution in [2.45, 2.75) is 30.8 Å². The van der Waals surface area contributed by atoms with Crippen LogP contribution in [0.2, 0.25) is 0 Å². The number of rotatable bonds is 5. The van der Waals surface area contributed by atoms with Crippen LogP contribution in [0.4, 0.5) is 0 Å². The topological polar surface area (TPSA) is 41.7 Å². The first-order valence-electron chi connectivity index (χ1n) is 22.6. The van der Waals surface area contributed by atoms with Crippen LogP contribution in [-0.4, -0.2) is 16.2 Å². The SMILES string of the molecule is CC1(C)c2ccccc2C2(c3ccccc3-c3c(C4=NC(c5ccc6c7ccccc7n(-c7ccccc7)c6c5)N=C(c5ccc(-c6ccccc6)cc5)N4)cccc32)c2ccccc21. The van der Waals surface area contributed by atoms with Gasteiger partial charge in [-0.15, -0.1) is 0 Å². The van der Waals surface area contributed by atoms with E-state index in [0.717, 1.165) is 45.1 Å². The Morgan fingerprint density at radius 2 is 0.954 bits per heavy atom. The molecule has 10 aromatic rings. The van der Waals surface area contributed by atoms with Gasteiger partial charge < -0.3 is 9.88 Å². The van der Waals surface area contributed by atoms with E-state index >= 15 is 0 Å². The summed E-state index contributed by atoms with van der Waals surface area (Å²) in [6.07, 6.45) is -0.514. The molecule has 308 valence electrons. The summed E-state index contributed by atoms with van der Waals surface area (Å²) in [7, 11) is 0. The summed E-state index contributed by atoms with van der Waals surface area (Å²) in [6, 6.07) is 79.5. The lowest BCUT2D eigenvalue weighted by molar-refractivity contribution is 0.563. The maximum Gasteiger partial charge on any atom is 0.169 e. The Kier molecular flexibility index (Phi) is 8.20. The average molecular weight is 833 g/mol. The fourth-order valence-corrected chi connectivity index (χ4v) is 11.4. The summed E-state index contributed by atoms with van der Waals surface area (Å²) in [5.74, 6) is 1.59. The van der Waals surface area contributed by atoms with Crippen molar-refractivity contribution in [3.05, 3.63) is 268 Å². The van der Waals surface area contributed by atoms with Gasteiger partial charge in [0.25, 0.3) is 0 Å². The second kappa shape index (κ2) is 14.2. The lowest BCUT2D eigenvalue weighted by Gasteiger charge is -2.46. The summed E-state index contributed by atoms with van der Waals surface area (Å²) in [6.45, 7) is 4.75. The van der Waals surface area contributed by atoms with Crippen LogP contribution < -0.4 is 5.32 Å². The van der Waals surface area contributed by atoms with Gasteiger partial charge in [0.15, 0.2) is 6.17 Å². The molecule has 1 spiro atoms. The van der Waals surface area contributed by atoms with Crippen molar-refractivity contribution in [3.8, 4) is 27.9 Å². The molecule has 2 heterocycles. The molecular weight excluding hydrogens is 789 g/mol. The summed E-state index contributed by atoms with van der Waals surface area (Å²) in [4.78, 5) is 11.1. The first-order valence-corrected chi connectivity index (χ1v) is 22.6. The maximum absolute atomic E-state index is 5.63. The van der Waals surface area contributed by atoms with Crippen molar-refractivity contribution in [1.82, 2.24) is 9.88 Å². The van der Waals surface area contributed by atoms with Gasteiger partial charge >= 0.3 is 0 Å².